The Kier molecular flexibility index (Phi) is 4.11. The molecular weight excluding hydrogens is 305 g/mol. The summed E-state index contributed by atoms with van der Waals surface area (Å²) in [5.74, 6) is 0.202. The highest BCUT2D eigenvalue weighted by Gasteiger charge is 2.55. The highest BCUT2D eigenvalue weighted by Crippen LogP contribution is 2.56. The van der Waals surface area contributed by atoms with Crippen LogP contribution in [0.4, 0.5) is 4.39 Å². The molecule has 0 spiro atoms. The van der Waals surface area contributed by atoms with Gasteiger partial charge in [0, 0.05) is 6.04 Å². The highest BCUT2D eigenvalue weighted by atomic mass is 19.1. The molecule has 2 saturated carbocycles. The van der Waals surface area contributed by atoms with E-state index in [2.05, 4.69) is 4.90 Å². The zero-order valence-electron chi connectivity index (χ0n) is 14.1. The number of hydrogen-bond acceptors (Lipinski definition) is 2. The predicted molar refractivity (Wildman–Crippen MR) is 90.4 cm³/mol. The number of rotatable bonds is 4. The van der Waals surface area contributed by atoms with Crippen LogP contribution in [-0.2, 0) is 4.79 Å². The minimum absolute atomic E-state index is 0.174. The molecule has 2 aliphatic carbocycles. The van der Waals surface area contributed by atoms with E-state index in [0.29, 0.717) is 17.9 Å². The van der Waals surface area contributed by atoms with Gasteiger partial charge in [-0.25, -0.2) is 4.39 Å². The largest absolute Gasteiger partial charge is 0.481 e. The number of piperidine rings is 1. The van der Waals surface area contributed by atoms with Crippen LogP contribution >= 0.6 is 0 Å². The second kappa shape index (κ2) is 6.14. The van der Waals surface area contributed by atoms with E-state index in [0.717, 1.165) is 58.0 Å². The number of hydrogen-bond donors (Lipinski definition) is 1. The molecule has 3 aliphatic rings. The van der Waals surface area contributed by atoms with Crippen molar-refractivity contribution in [3.63, 3.8) is 0 Å². The lowest BCUT2D eigenvalue weighted by molar-refractivity contribution is -0.150. The Labute approximate surface area is 142 Å². The Morgan fingerprint density at radius 3 is 2.33 bits per heavy atom. The van der Waals surface area contributed by atoms with Crippen molar-refractivity contribution in [2.24, 2.45) is 11.3 Å². The molecule has 1 aromatic carbocycles. The second-order valence-corrected chi connectivity index (χ2v) is 7.99. The van der Waals surface area contributed by atoms with Gasteiger partial charge in [-0.15, -0.1) is 0 Å². The Morgan fingerprint density at radius 1 is 1.08 bits per heavy atom. The topological polar surface area (TPSA) is 40.5 Å². The van der Waals surface area contributed by atoms with E-state index in [4.69, 9.17) is 0 Å². The van der Waals surface area contributed by atoms with Crippen LogP contribution in [0.15, 0.2) is 24.3 Å². The maximum absolute atomic E-state index is 13.1. The molecule has 24 heavy (non-hydrogen) atoms. The zero-order valence-corrected chi connectivity index (χ0v) is 14.1. The third kappa shape index (κ3) is 2.85. The van der Waals surface area contributed by atoms with Crippen LogP contribution in [0.3, 0.4) is 0 Å². The van der Waals surface area contributed by atoms with Crippen molar-refractivity contribution in [2.45, 2.75) is 56.9 Å². The summed E-state index contributed by atoms with van der Waals surface area (Å²) >= 11 is 0. The lowest BCUT2D eigenvalue weighted by atomic mass is 9.80. The fourth-order valence-electron chi connectivity index (χ4n) is 5.07. The van der Waals surface area contributed by atoms with Crippen LogP contribution in [-0.4, -0.2) is 35.1 Å². The molecule has 1 N–H and O–H groups in total. The third-order valence-electron chi connectivity index (χ3n) is 6.70. The summed E-state index contributed by atoms with van der Waals surface area (Å²) in [5, 5.41) is 9.75. The molecule has 1 aliphatic heterocycles. The van der Waals surface area contributed by atoms with Crippen LogP contribution in [0.25, 0.3) is 0 Å². The minimum atomic E-state index is -0.561. The van der Waals surface area contributed by atoms with Crippen LogP contribution < -0.4 is 0 Å². The molecular formula is C20H26FNO2. The first kappa shape index (κ1) is 16.1. The van der Waals surface area contributed by atoms with Gasteiger partial charge in [-0.1, -0.05) is 12.1 Å². The first-order valence-corrected chi connectivity index (χ1v) is 9.31. The van der Waals surface area contributed by atoms with Gasteiger partial charge in [0.2, 0.25) is 0 Å². The average molecular weight is 331 g/mol. The fourth-order valence-corrected chi connectivity index (χ4v) is 5.07. The predicted octanol–water partition coefficient (Wildman–Crippen LogP) is 4.04. The molecule has 130 valence electrons. The van der Waals surface area contributed by atoms with Crippen molar-refractivity contribution < 1.29 is 14.3 Å². The molecule has 0 amide bonds. The van der Waals surface area contributed by atoms with Crippen LogP contribution in [0, 0.1) is 17.2 Å². The Balaban J connectivity index is 1.36. The smallest absolute Gasteiger partial charge is 0.309 e. The Bertz CT molecular complexity index is 605. The van der Waals surface area contributed by atoms with Gasteiger partial charge in [0.1, 0.15) is 5.82 Å². The molecule has 1 heterocycles. The number of carboxylic acids is 1. The fraction of sp³-hybridized carbons (Fsp3) is 0.650. The van der Waals surface area contributed by atoms with Crippen molar-refractivity contribution in [3.05, 3.63) is 35.6 Å². The minimum Gasteiger partial charge on any atom is -0.481 e. The SMILES string of the molecule is O=C(O)C1(C2CC2)CCC(N2CCC(c3ccc(F)cc3)CC2)C1. The zero-order chi connectivity index (χ0) is 16.7. The molecule has 0 bridgehead atoms. The van der Waals surface area contributed by atoms with E-state index in [9.17, 15) is 14.3 Å². The number of benzene rings is 1. The van der Waals surface area contributed by atoms with Gasteiger partial charge in [0.15, 0.2) is 0 Å². The molecule has 2 atom stereocenters. The van der Waals surface area contributed by atoms with Crippen molar-refractivity contribution in [3.8, 4) is 0 Å². The van der Waals surface area contributed by atoms with Crippen LogP contribution in [0.1, 0.15) is 56.4 Å². The van der Waals surface area contributed by atoms with Crippen LogP contribution in [0.5, 0.6) is 0 Å². The highest BCUT2D eigenvalue weighted by molar-refractivity contribution is 5.76. The molecule has 4 heteroatoms. The van der Waals surface area contributed by atoms with Gasteiger partial charge in [-0.3, -0.25) is 4.79 Å². The number of nitrogens with zero attached hydrogens (tertiary/aromatic N) is 1. The maximum Gasteiger partial charge on any atom is 0.309 e. The summed E-state index contributed by atoms with van der Waals surface area (Å²) in [4.78, 5) is 14.4. The van der Waals surface area contributed by atoms with E-state index in [1.165, 1.54) is 5.56 Å². The normalized spacial score (nSPS) is 32.1. The van der Waals surface area contributed by atoms with Gasteiger partial charge < -0.3 is 10.0 Å². The van der Waals surface area contributed by atoms with Crippen LogP contribution in [0.2, 0.25) is 0 Å². The summed E-state index contributed by atoms with van der Waals surface area (Å²) in [5.41, 5.74) is 0.804. The molecule has 3 fully saturated rings. The van der Waals surface area contributed by atoms with E-state index in [1.54, 1.807) is 12.1 Å². The summed E-state index contributed by atoms with van der Waals surface area (Å²) in [6.45, 7) is 2.07. The number of aliphatic carboxylic acids is 1. The number of carboxylic acid groups (broad SMARTS) is 1. The lowest BCUT2D eigenvalue weighted by Crippen LogP contribution is -2.41. The Morgan fingerprint density at radius 2 is 1.75 bits per heavy atom. The first-order valence-electron chi connectivity index (χ1n) is 9.31. The quantitative estimate of drug-likeness (QED) is 0.905. The number of carbonyl (C=O) groups is 1. The standard InChI is InChI=1S/C20H26FNO2/c21-17-5-1-14(2-6-17)15-8-11-22(12-9-15)18-7-10-20(13-18,19(23)24)16-3-4-16/h1-2,5-6,15-16,18H,3-4,7-13H2,(H,23,24). The molecule has 2 unspecified atom stereocenters. The van der Waals surface area contributed by atoms with E-state index in [-0.39, 0.29) is 5.82 Å². The summed E-state index contributed by atoms with van der Waals surface area (Å²) in [6.07, 6.45) is 7.11. The Hall–Kier alpha value is -1.42. The van der Waals surface area contributed by atoms with E-state index < -0.39 is 11.4 Å². The van der Waals surface area contributed by atoms with E-state index in [1.807, 2.05) is 12.1 Å². The van der Waals surface area contributed by atoms with Crippen molar-refractivity contribution in [1.82, 2.24) is 4.90 Å². The molecule has 0 radical (unpaired) electrons. The number of halogens is 1. The first-order chi connectivity index (χ1) is 11.6. The second-order valence-electron chi connectivity index (χ2n) is 7.99. The summed E-state index contributed by atoms with van der Waals surface area (Å²) < 4.78 is 13.1. The molecule has 4 rings (SSSR count). The molecule has 1 aromatic rings. The van der Waals surface area contributed by atoms with Crippen molar-refractivity contribution in [1.29, 1.82) is 0 Å². The summed E-state index contributed by atoms with van der Waals surface area (Å²) in [7, 11) is 0. The molecule has 3 nitrogen and oxygen atoms in total. The van der Waals surface area contributed by atoms with E-state index >= 15 is 0 Å². The lowest BCUT2D eigenvalue weighted by Gasteiger charge is -2.37. The molecule has 1 saturated heterocycles. The summed E-state index contributed by atoms with van der Waals surface area (Å²) in [6, 6.07) is 7.36. The van der Waals surface area contributed by atoms with Crippen molar-refractivity contribution >= 4 is 5.97 Å². The van der Waals surface area contributed by atoms with Gasteiger partial charge in [-0.05, 0) is 87.6 Å². The van der Waals surface area contributed by atoms with Gasteiger partial charge in [-0.2, -0.15) is 0 Å². The van der Waals surface area contributed by atoms with Crippen molar-refractivity contribution in [2.75, 3.05) is 13.1 Å². The monoisotopic (exact) mass is 331 g/mol. The average Bonchev–Trinajstić information content (AvgIpc) is 3.35. The molecule has 0 aromatic heterocycles. The number of likely N-dealkylation sites (tertiary alicyclic amines) is 1. The maximum atomic E-state index is 13.1. The van der Waals surface area contributed by atoms with Gasteiger partial charge in [0.25, 0.3) is 0 Å². The van der Waals surface area contributed by atoms with Gasteiger partial charge in [0.05, 0.1) is 5.41 Å². The third-order valence-corrected chi connectivity index (χ3v) is 6.70. The van der Waals surface area contributed by atoms with Gasteiger partial charge >= 0.3 is 5.97 Å².